The van der Waals surface area contributed by atoms with E-state index in [2.05, 4.69) is 5.32 Å². The fourth-order valence-corrected chi connectivity index (χ4v) is 2.50. The van der Waals surface area contributed by atoms with Crippen molar-refractivity contribution in [1.82, 2.24) is 5.32 Å². The van der Waals surface area contributed by atoms with Crippen LogP contribution in [0.4, 0.5) is 0 Å². The molecule has 5 heteroatoms. The number of aryl methyl sites for hydroxylation is 1. The van der Waals surface area contributed by atoms with Crippen LogP contribution in [0.3, 0.4) is 0 Å². The molecule has 110 valence electrons. The van der Waals surface area contributed by atoms with Gasteiger partial charge in [0.15, 0.2) is 6.61 Å². The van der Waals surface area contributed by atoms with Crippen molar-refractivity contribution in [2.75, 3.05) is 6.61 Å². The van der Waals surface area contributed by atoms with Crippen LogP contribution in [0.5, 0.6) is 5.75 Å². The number of hydrogen-bond acceptors (Lipinski definition) is 3. The minimum atomic E-state index is -0.439. The fraction of sp³-hybridized carbons (Fsp3) is 0.533. The highest BCUT2D eigenvalue weighted by atomic mass is 35.5. The third-order valence-electron chi connectivity index (χ3n) is 3.58. The number of carbonyl (C=O) groups is 1. The van der Waals surface area contributed by atoms with E-state index in [1.165, 1.54) is 0 Å². The summed E-state index contributed by atoms with van der Waals surface area (Å²) in [6.45, 7) is 1.83. The van der Waals surface area contributed by atoms with Crippen molar-refractivity contribution in [3.63, 3.8) is 0 Å². The topological polar surface area (TPSA) is 58.6 Å². The Balaban J connectivity index is 1.81. The zero-order valence-electron chi connectivity index (χ0n) is 11.6. The highest BCUT2D eigenvalue weighted by Gasteiger charge is 2.24. The first kappa shape index (κ1) is 15.1. The number of aliphatic hydroxyl groups excluding tert-OH is 1. The van der Waals surface area contributed by atoms with Gasteiger partial charge in [0.2, 0.25) is 0 Å². The molecule has 0 spiro atoms. The van der Waals surface area contributed by atoms with E-state index in [0.717, 1.165) is 31.2 Å². The van der Waals surface area contributed by atoms with E-state index < -0.39 is 6.10 Å². The Morgan fingerprint density at radius 3 is 2.90 bits per heavy atom. The zero-order chi connectivity index (χ0) is 14.5. The Labute approximate surface area is 124 Å². The molecule has 20 heavy (non-hydrogen) atoms. The van der Waals surface area contributed by atoms with Gasteiger partial charge in [0.25, 0.3) is 5.91 Å². The second kappa shape index (κ2) is 6.95. The SMILES string of the molecule is Cc1cc(OCC(=O)N[C@H]2CCCC[C@@H]2O)ccc1Cl. The highest BCUT2D eigenvalue weighted by molar-refractivity contribution is 6.31. The summed E-state index contributed by atoms with van der Waals surface area (Å²) in [5.41, 5.74) is 0.910. The van der Waals surface area contributed by atoms with E-state index >= 15 is 0 Å². The van der Waals surface area contributed by atoms with Gasteiger partial charge in [-0.25, -0.2) is 0 Å². The van der Waals surface area contributed by atoms with Gasteiger partial charge in [-0.1, -0.05) is 24.4 Å². The average molecular weight is 298 g/mol. The van der Waals surface area contributed by atoms with Crippen LogP contribution in [-0.4, -0.2) is 29.8 Å². The maximum absolute atomic E-state index is 11.8. The molecule has 0 heterocycles. The average Bonchev–Trinajstić information content (AvgIpc) is 2.43. The van der Waals surface area contributed by atoms with Crippen LogP contribution in [0.2, 0.25) is 5.02 Å². The Bertz CT molecular complexity index is 478. The predicted molar refractivity (Wildman–Crippen MR) is 78.1 cm³/mol. The van der Waals surface area contributed by atoms with Crippen molar-refractivity contribution < 1.29 is 14.6 Å². The molecule has 0 aliphatic heterocycles. The zero-order valence-corrected chi connectivity index (χ0v) is 12.3. The lowest BCUT2D eigenvalue weighted by atomic mass is 9.92. The molecule has 0 radical (unpaired) electrons. The van der Waals surface area contributed by atoms with Gasteiger partial charge >= 0.3 is 0 Å². The van der Waals surface area contributed by atoms with Crippen LogP contribution < -0.4 is 10.1 Å². The number of benzene rings is 1. The van der Waals surface area contributed by atoms with Gasteiger partial charge in [-0.05, 0) is 43.5 Å². The third kappa shape index (κ3) is 4.12. The molecule has 2 atom stereocenters. The maximum Gasteiger partial charge on any atom is 0.258 e. The summed E-state index contributed by atoms with van der Waals surface area (Å²) in [5.74, 6) is 0.412. The Kier molecular flexibility index (Phi) is 5.26. The van der Waals surface area contributed by atoms with Crippen LogP contribution in [0.25, 0.3) is 0 Å². The molecule has 1 aliphatic rings. The molecular weight excluding hydrogens is 278 g/mol. The van der Waals surface area contributed by atoms with Crippen LogP contribution in [-0.2, 0) is 4.79 Å². The molecule has 0 bridgehead atoms. The number of carbonyl (C=O) groups excluding carboxylic acids is 1. The molecular formula is C15H20ClNO3. The second-order valence-electron chi connectivity index (χ2n) is 5.23. The summed E-state index contributed by atoms with van der Waals surface area (Å²) in [7, 11) is 0. The van der Waals surface area contributed by atoms with Gasteiger partial charge in [0, 0.05) is 5.02 Å². The van der Waals surface area contributed by atoms with E-state index in [-0.39, 0.29) is 18.6 Å². The number of ether oxygens (including phenoxy) is 1. The van der Waals surface area contributed by atoms with Gasteiger partial charge < -0.3 is 15.2 Å². The summed E-state index contributed by atoms with van der Waals surface area (Å²) in [6, 6.07) is 5.13. The number of nitrogens with one attached hydrogen (secondary N) is 1. The molecule has 1 fully saturated rings. The lowest BCUT2D eigenvalue weighted by Gasteiger charge is -2.28. The Morgan fingerprint density at radius 2 is 2.20 bits per heavy atom. The van der Waals surface area contributed by atoms with Crippen molar-refractivity contribution in [1.29, 1.82) is 0 Å². The fourth-order valence-electron chi connectivity index (χ4n) is 2.38. The molecule has 0 unspecified atom stereocenters. The molecule has 1 aromatic rings. The molecule has 0 saturated heterocycles. The lowest BCUT2D eigenvalue weighted by Crippen LogP contribution is -2.46. The number of halogens is 1. The summed E-state index contributed by atoms with van der Waals surface area (Å²) in [6.07, 6.45) is 3.20. The molecule has 4 nitrogen and oxygen atoms in total. The van der Waals surface area contributed by atoms with Gasteiger partial charge in [0.1, 0.15) is 5.75 Å². The minimum Gasteiger partial charge on any atom is -0.484 e. The van der Waals surface area contributed by atoms with Crippen molar-refractivity contribution in [2.24, 2.45) is 0 Å². The first-order valence-corrected chi connectivity index (χ1v) is 7.30. The summed E-state index contributed by atoms with van der Waals surface area (Å²) in [5, 5.41) is 13.3. The lowest BCUT2D eigenvalue weighted by molar-refractivity contribution is -0.125. The maximum atomic E-state index is 11.8. The minimum absolute atomic E-state index is 0.0513. The third-order valence-corrected chi connectivity index (χ3v) is 4.00. The number of amides is 1. The largest absolute Gasteiger partial charge is 0.484 e. The van der Waals surface area contributed by atoms with Crippen LogP contribution >= 0.6 is 11.6 Å². The standard InChI is InChI=1S/C15H20ClNO3/c1-10-8-11(6-7-12(10)16)20-9-15(19)17-13-4-2-3-5-14(13)18/h6-8,13-14,18H,2-5,9H2,1H3,(H,17,19)/t13-,14-/m0/s1. The summed E-state index contributed by atoms with van der Waals surface area (Å²) in [4.78, 5) is 11.8. The normalized spacial score (nSPS) is 22.4. The number of aliphatic hydroxyl groups is 1. The molecule has 2 rings (SSSR count). The number of hydrogen-bond donors (Lipinski definition) is 2. The monoisotopic (exact) mass is 297 g/mol. The van der Waals surface area contributed by atoms with Crippen molar-refractivity contribution in [3.05, 3.63) is 28.8 Å². The second-order valence-corrected chi connectivity index (χ2v) is 5.63. The van der Waals surface area contributed by atoms with Gasteiger partial charge in [-0.3, -0.25) is 4.79 Å². The Hall–Kier alpha value is -1.26. The molecule has 1 aliphatic carbocycles. The molecule has 0 aromatic heterocycles. The van der Waals surface area contributed by atoms with E-state index in [0.29, 0.717) is 10.8 Å². The highest BCUT2D eigenvalue weighted by Crippen LogP contribution is 2.21. The number of rotatable bonds is 4. The first-order chi connectivity index (χ1) is 9.56. The van der Waals surface area contributed by atoms with Gasteiger partial charge in [-0.15, -0.1) is 0 Å². The van der Waals surface area contributed by atoms with Gasteiger partial charge in [0.05, 0.1) is 12.1 Å². The Morgan fingerprint density at radius 1 is 1.45 bits per heavy atom. The van der Waals surface area contributed by atoms with Crippen molar-refractivity contribution in [2.45, 2.75) is 44.8 Å². The van der Waals surface area contributed by atoms with Gasteiger partial charge in [-0.2, -0.15) is 0 Å². The smallest absolute Gasteiger partial charge is 0.258 e. The first-order valence-electron chi connectivity index (χ1n) is 6.92. The predicted octanol–water partition coefficient (Wildman–Crippen LogP) is 2.45. The van der Waals surface area contributed by atoms with Crippen LogP contribution in [0, 0.1) is 6.92 Å². The van der Waals surface area contributed by atoms with Crippen LogP contribution in [0.1, 0.15) is 31.2 Å². The summed E-state index contributed by atoms with van der Waals surface area (Å²) >= 11 is 5.93. The van der Waals surface area contributed by atoms with Crippen molar-refractivity contribution >= 4 is 17.5 Å². The summed E-state index contributed by atoms with van der Waals surface area (Å²) < 4.78 is 5.43. The molecule has 1 saturated carbocycles. The van der Waals surface area contributed by atoms with E-state index in [9.17, 15) is 9.90 Å². The van der Waals surface area contributed by atoms with E-state index in [1.807, 2.05) is 6.92 Å². The molecule has 1 amide bonds. The van der Waals surface area contributed by atoms with Crippen molar-refractivity contribution in [3.8, 4) is 5.75 Å². The van der Waals surface area contributed by atoms with E-state index in [4.69, 9.17) is 16.3 Å². The quantitative estimate of drug-likeness (QED) is 0.897. The van der Waals surface area contributed by atoms with E-state index in [1.54, 1.807) is 18.2 Å². The molecule has 1 aromatic carbocycles. The molecule has 2 N–H and O–H groups in total. The van der Waals surface area contributed by atoms with Crippen LogP contribution in [0.15, 0.2) is 18.2 Å².